The van der Waals surface area contributed by atoms with E-state index in [1.165, 1.54) is 16.5 Å². The monoisotopic (exact) mass is 217 g/mol. The Kier molecular flexibility index (Phi) is 3.30. The molecule has 0 saturated carbocycles. The third-order valence-corrected chi connectivity index (χ3v) is 3.27. The number of hydrogen-bond acceptors (Lipinski definition) is 2. The van der Waals surface area contributed by atoms with Crippen molar-refractivity contribution >= 4 is 11.0 Å². The molecule has 1 heterocycles. The van der Waals surface area contributed by atoms with E-state index in [2.05, 4.69) is 32.0 Å². The molecule has 2 aromatic rings. The highest BCUT2D eigenvalue weighted by Crippen LogP contribution is 2.30. The molecule has 2 heteroatoms. The number of fused-ring (bicyclic) bond motifs is 1. The van der Waals surface area contributed by atoms with E-state index < -0.39 is 0 Å². The lowest BCUT2D eigenvalue weighted by molar-refractivity contribution is 0.597. The molecular formula is C14H19NO. The van der Waals surface area contributed by atoms with Crippen LogP contribution in [0, 0.1) is 0 Å². The van der Waals surface area contributed by atoms with Crippen molar-refractivity contribution < 1.29 is 4.42 Å². The number of nitrogens with two attached hydrogens (primary N) is 1. The molecule has 2 N–H and O–H groups in total. The fraction of sp³-hybridized carbons (Fsp3) is 0.429. The second-order valence-corrected chi connectivity index (χ2v) is 4.33. The maximum Gasteiger partial charge on any atom is 0.137 e. The highest BCUT2D eigenvalue weighted by molar-refractivity contribution is 5.84. The average molecular weight is 217 g/mol. The molecule has 0 radical (unpaired) electrons. The molecule has 2 nitrogen and oxygen atoms in total. The van der Waals surface area contributed by atoms with Crippen molar-refractivity contribution in [3.8, 4) is 0 Å². The van der Waals surface area contributed by atoms with E-state index in [1.54, 1.807) is 0 Å². The predicted octanol–water partition coefficient (Wildman–Crippen LogP) is 3.45. The SMILES string of the molecule is CCC(C)c1cccc2c(CCN)coc12. The number of benzene rings is 1. The van der Waals surface area contributed by atoms with Gasteiger partial charge in [-0.15, -0.1) is 0 Å². The van der Waals surface area contributed by atoms with Crippen molar-refractivity contribution in [3.63, 3.8) is 0 Å². The molecule has 0 spiro atoms. The van der Waals surface area contributed by atoms with Crippen molar-refractivity contribution in [2.24, 2.45) is 5.73 Å². The molecular weight excluding hydrogens is 198 g/mol. The zero-order valence-corrected chi connectivity index (χ0v) is 9.99. The van der Waals surface area contributed by atoms with Gasteiger partial charge < -0.3 is 10.2 Å². The van der Waals surface area contributed by atoms with E-state index in [0.717, 1.165) is 18.4 Å². The Hall–Kier alpha value is -1.28. The summed E-state index contributed by atoms with van der Waals surface area (Å²) in [7, 11) is 0. The van der Waals surface area contributed by atoms with E-state index in [0.29, 0.717) is 12.5 Å². The Bertz CT molecular complexity index is 473. The molecule has 0 bridgehead atoms. The minimum Gasteiger partial charge on any atom is -0.464 e. The van der Waals surface area contributed by atoms with Crippen LogP contribution in [-0.4, -0.2) is 6.54 Å². The minimum atomic E-state index is 0.542. The molecule has 86 valence electrons. The van der Waals surface area contributed by atoms with Gasteiger partial charge in [-0.1, -0.05) is 32.0 Å². The second kappa shape index (κ2) is 4.71. The summed E-state index contributed by atoms with van der Waals surface area (Å²) in [6.45, 7) is 5.11. The Balaban J connectivity index is 2.53. The van der Waals surface area contributed by atoms with E-state index >= 15 is 0 Å². The molecule has 0 aliphatic rings. The molecule has 1 unspecified atom stereocenters. The highest BCUT2D eigenvalue weighted by atomic mass is 16.3. The minimum absolute atomic E-state index is 0.542. The van der Waals surface area contributed by atoms with Crippen LogP contribution in [0.5, 0.6) is 0 Å². The van der Waals surface area contributed by atoms with Crippen molar-refractivity contribution in [3.05, 3.63) is 35.6 Å². The smallest absolute Gasteiger partial charge is 0.137 e. The average Bonchev–Trinajstić information content (AvgIpc) is 2.72. The first-order valence-corrected chi connectivity index (χ1v) is 5.97. The molecule has 1 aromatic heterocycles. The van der Waals surface area contributed by atoms with Gasteiger partial charge in [-0.3, -0.25) is 0 Å². The standard InChI is InChI=1S/C14H19NO/c1-3-10(2)12-5-4-6-13-11(7-8-15)9-16-14(12)13/h4-6,9-10H,3,7-8,15H2,1-2H3. The van der Waals surface area contributed by atoms with Crippen LogP contribution >= 0.6 is 0 Å². The quantitative estimate of drug-likeness (QED) is 0.852. The molecule has 2 rings (SSSR count). The van der Waals surface area contributed by atoms with E-state index in [-0.39, 0.29) is 0 Å². The summed E-state index contributed by atoms with van der Waals surface area (Å²) < 4.78 is 5.70. The summed E-state index contributed by atoms with van der Waals surface area (Å²) in [6.07, 6.45) is 3.87. The Morgan fingerprint density at radius 1 is 1.38 bits per heavy atom. The first kappa shape index (κ1) is 11.2. The molecule has 0 saturated heterocycles. The Labute approximate surface area is 96.4 Å². The van der Waals surface area contributed by atoms with Crippen molar-refractivity contribution in [1.29, 1.82) is 0 Å². The van der Waals surface area contributed by atoms with Gasteiger partial charge in [-0.05, 0) is 36.4 Å². The van der Waals surface area contributed by atoms with Crippen LogP contribution in [-0.2, 0) is 6.42 Å². The summed E-state index contributed by atoms with van der Waals surface area (Å²) in [6, 6.07) is 6.39. The van der Waals surface area contributed by atoms with E-state index in [1.807, 2.05) is 6.26 Å². The normalized spacial score (nSPS) is 13.2. The number of furan rings is 1. The third-order valence-electron chi connectivity index (χ3n) is 3.27. The Morgan fingerprint density at radius 2 is 2.19 bits per heavy atom. The first-order chi connectivity index (χ1) is 7.77. The third kappa shape index (κ3) is 1.85. The number of para-hydroxylation sites is 1. The summed E-state index contributed by atoms with van der Waals surface area (Å²) in [5.41, 5.74) is 9.17. The van der Waals surface area contributed by atoms with Crippen LogP contribution < -0.4 is 5.73 Å². The summed E-state index contributed by atoms with van der Waals surface area (Å²) in [5.74, 6) is 0.542. The molecule has 0 amide bonds. The molecule has 16 heavy (non-hydrogen) atoms. The maximum atomic E-state index is 5.70. The van der Waals surface area contributed by atoms with E-state index in [4.69, 9.17) is 10.2 Å². The van der Waals surface area contributed by atoms with Crippen LogP contribution in [0.4, 0.5) is 0 Å². The number of rotatable bonds is 4. The fourth-order valence-corrected chi connectivity index (χ4v) is 2.09. The molecule has 0 aliphatic carbocycles. The topological polar surface area (TPSA) is 39.2 Å². The lowest BCUT2D eigenvalue weighted by atomic mass is 9.96. The van der Waals surface area contributed by atoms with Gasteiger partial charge in [0.05, 0.1) is 6.26 Å². The zero-order chi connectivity index (χ0) is 11.5. The van der Waals surface area contributed by atoms with Gasteiger partial charge in [0.2, 0.25) is 0 Å². The van der Waals surface area contributed by atoms with Crippen molar-refractivity contribution in [2.45, 2.75) is 32.6 Å². The fourth-order valence-electron chi connectivity index (χ4n) is 2.09. The molecule has 0 aliphatic heterocycles. The van der Waals surface area contributed by atoms with Gasteiger partial charge in [0.25, 0.3) is 0 Å². The molecule has 1 atom stereocenters. The van der Waals surface area contributed by atoms with Crippen LogP contribution in [0.3, 0.4) is 0 Å². The van der Waals surface area contributed by atoms with Gasteiger partial charge in [0, 0.05) is 5.39 Å². The van der Waals surface area contributed by atoms with Gasteiger partial charge >= 0.3 is 0 Å². The largest absolute Gasteiger partial charge is 0.464 e. The second-order valence-electron chi connectivity index (χ2n) is 4.33. The number of hydrogen-bond donors (Lipinski definition) is 1. The van der Waals surface area contributed by atoms with Crippen molar-refractivity contribution in [1.82, 2.24) is 0 Å². The van der Waals surface area contributed by atoms with Crippen molar-refractivity contribution in [2.75, 3.05) is 6.54 Å². The Morgan fingerprint density at radius 3 is 2.88 bits per heavy atom. The van der Waals surface area contributed by atoms with Crippen LogP contribution in [0.25, 0.3) is 11.0 Å². The maximum absolute atomic E-state index is 5.70. The lowest BCUT2D eigenvalue weighted by Gasteiger charge is -2.09. The van der Waals surface area contributed by atoms with Gasteiger partial charge in [0.15, 0.2) is 0 Å². The molecule has 1 aromatic carbocycles. The summed E-state index contributed by atoms with van der Waals surface area (Å²) in [4.78, 5) is 0. The predicted molar refractivity (Wildman–Crippen MR) is 67.7 cm³/mol. The highest BCUT2D eigenvalue weighted by Gasteiger charge is 2.12. The molecule has 0 fully saturated rings. The lowest BCUT2D eigenvalue weighted by Crippen LogP contribution is -2.01. The summed E-state index contributed by atoms with van der Waals surface area (Å²) >= 11 is 0. The van der Waals surface area contributed by atoms with Gasteiger partial charge in [-0.25, -0.2) is 0 Å². The first-order valence-electron chi connectivity index (χ1n) is 5.97. The zero-order valence-electron chi connectivity index (χ0n) is 9.99. The summed E-state index contributed by atoms with van der Waals surface area (Å²) in [5, 5.41) is 1.23. The van der Waals surface area contributed by atoms with Crippen LogP contribution in [0.1, 0.15) is 37.3 Å². The van der Waals surface area contributed by atoms with Gasteiger partial charge in [0.1, 0.15) is 5.58 Å². The van der Waals surface area contributed by atoms with Gasteiger partial charge in [-0.2, -0.15) is 0 Å². The van der Waals surface area contributed by atoms with Crippen LogP contribution in [0.2, 0.25) is 0 Å². The van der Waals surface area contributed by atoms with Crippen LogP contribution in [0.15, 0.2) is 28.9 Å². The van der Waals surface area contributed by atoms with E-state index in [9.17, 15) is 0 Å².